The van der Waals surface area contributed by atoms with Crippen molar-refractivity contribution >= 4 is 12.0 Å². The van der Waals surface area contributed by atoms with Gasteiger partial charge in [0.15, 0.2) is 12.4 Å². The van der Waals surface area contributed by atoms with Crippen LogP contribution in [-0.4, -0.2) is 63.5 Å². The Morgan fingerprint density at radius 3 is 2.33 bits per heavy atom. The molecule has 1 fully saturated rings. The fourth-order valence-electron chi connectivity index (χ4n) is 2.24. The summed E-state index contributed by atoms with van der Waals surface area (Å²) in [7, 11) is 0. The summed E-state index contributed by atoms with van der Waals surface area (Å²) in [6, 6.07) is 0. The highest BCUT2D eigenvalue weighted by Crippen LogP contribution is 2.25. The molecule has 0 spiro atoms. The quantitative estimate of drug-likeness (QED) is 0.349. The number of aliphatic hydroxyl groups excluding tert-OH is 4. The second-order valence-corrected chi connectivity index (χ2v) is 6.22. The Labute approximate surface area is 130 Å². The van der Waals surface area contributed by atoms with E-state index in [0.29, 0.717) is 0 Å². The zero-order valence-corrected chi connectivity index (χ0v) is 13.4. The van der Waals surface area contributed by atoms with Gasteiger partial charge < -0.3 is 29.3 Å². The molecule has 4 N–H and O–H groups in total. The molecule has 5 atom stereocenters. The highest BCUT2D eigenvalue weighted by molar-refractivity contribution is 7.94. The van der Waals surface area contributed by atoms with Crippen molar-refractivity contribution in [1.29, 1.82) is 0 Å². The van der Waals surface area contributed by atoms with Crippen molar-refractivity contribution in [3.63, 3.8) is 0 Å². The molecule has 0 aromatic carbocycles. The largest absolute Gasteiger partial charge is 0.394 e. The molecule has 0 radical (unpaired) electrons. The molecule has 0 bridgehead atoms. The zero-order valence-electron chi connectivity index (χ0n) is 12.6. The predicted octanol–water partition coefficient (Wildman–Crippen LogP) is 0.812. The first-order chi connectivity index (χ1) is 10.1. The second kappa shape index (κ2) is 10.8. The van der Waals surface area contributed by atoms with Crippen molar-refractivity contribution in [2.75, 3.05) is 12.4 Å². The van der Waals surface area contributed by atoms with E-state index in [2.05, 4.69) is 6.92 Å². The van der Waals surface area contributed by atoms with Crippen LogP contribution in [0.15, 0.2) is 0 Å². The number of hydrogen-bond acceptors (Lipinski definition) is 7. The Kier molecular flexibility index (Phi) is 9.83. The monoisotopic (exact) mass is 324 g/mol. The topological polar surface area (TPSA) is 99.4 Å². The minimum atomic E-state index is -1.35. The van der Waals surface area contributed by atoms with Gasteiger partial charge in [-0.3, -0.25) is 0 Å². The lowest BCUT2D eigenvalue weighted by Crippen LogP contribution is -2.58. The smallest absolute Gasteiger partial charge is 0.185 e. The average molecular weight is 324 g/mol. The van der Waals surface area contributed by atoms with Crippen molar-refractivity contribution in [3.05, 3.63) is 0 Å². The fraction of sp³-hybridized carbons (Fsp3) is 1.00. The molecule has 0 aromatic rings. The van der Waals surface area contributed by atoms with Gasteiger partial charge >= 0.3 is 0 Å². The predicted molar refractivity (Wildman–Crippen MR) is 80.7 cm³/mol. The Balaban J connectivity index is 2.16. The molecule has 126 valence electrons. The maximum absolute atomic E-state index is 9.87. The molecular weight excluding hydrogens is 296 g/mol. The summed E-state index contributed by atoms with van der Waals surface area (Å²) in [6.45, 7) is 1.72. The first-order valence-corrected chi connectivity index (χ1v) is 8.61. The average Bonchev–Trinajstić information content (AvgIpc) is 2.48. The molecule has 1 heterocycles. The Hall–Kier alpha value is 0.110. The summed E-state index contributed by atoms with van der Waals surface area (Å²) < 4.78 is 10.4. The van der Waals surface area contributed by atoms with Gasteiger partial charge in [0.25, 0.3) is 0 Å². The van der Waals surface area contributed by atoms with Crippen molar-refractivity contribution < 1.29 is 29.3 Å². The molecule has 1 aliphatic heterocycles. The first-order valence-electron chi connectivity index (χ1n) is 7.70. The highest BCUT2D eigenvalue weighted by Gasteiger charge is 2.44. The molecule has 0 aliphatic carbocycles. The van der Waals surface area contributed by atoms with Crippen LogP contribution < -0.4 is 0 Å². The third-order valence-corrected chi connectivity index (χ3v) is 4.42. The van der Waals surface area contributed by atoms with Crippen LogP contribution >= 0.6 is 12.0 Å². The summed E-state index contributed by atoms with van der Waals surface area (Å²) in [5, 5.41) is 38.3. The molecular formula is C14H28O6S. The molecule has 21 heavy (non-hydrogen) atoms. The summed E-state index contributed by atoms with van der Waals surface area (Å²) in [5.74, 6) is 0.765. The number of aliphatic hydroxyl groups is 4. The SMILES string of the molecule is CCCCCCCCSO[C@@H]1[C@@H](O)[C@H](O)[C@@H](CO)O[C@H]1O. The molecule has 1 aliphatic rings. The van der Waals surface area contributed by atoms with Gasteiger partial charge in [0.1, 0.15) is 18.3 Å². The second-order valence-electron chi connectivity index (χ2n) is 5.38. The summed E-state index contributed by atoms with van der Waals surface area (Å²) in [4.78, 5) is 0. The summed E-state index contributed by atoms with van der Waals surface area (Å²) in [6.07, 6.45) is 1.23. The van der Waals surface area contributed by atoms with E-state index in [4.69, 9.17) is 14.0 Å². The molecule has 0 saturated carbocycles. The lowest BCUT2D eigenvalue weighted by atomic mass is 9.99. The van der Waals surface area contributed by atoms with E-state index in [-0.39, 0.29) is 0 Å². The molecule has 0 unspecified atom stereocenters. The van der Waals surface area contributed by atoms with Crippen molar-refractivity contribution in [1.82, 2.24) is 0 Å². The molecule has 6 nitrogen and oxygen atoms in total. The van der Waals surface area contributed by atoms with Crippen LogP contribution in [0.2, 0.25) is 0 Å². The van der Waals surface area contributed by atoms with Crippen LogP contribution in [0.5, 0.6) is 0 Å². The van der Waals surface area contributed by atoms with E-state index in [1.165, 1.54) is 37.7 Å². The Morgan fingerprint density at radius 2 is 1.67 bits per heavy atom. The number of hydrogen-bond donors (Lipinski definition) is 4. The van der Waals surface area contributed by atoms with Gasteiger partial charge in [-0.25, -0.2) is 0 Å². The van der Waals surface area contributed by atoms with Crippen molar-refractivity contribution in [3.8, 4) is 0 Å². The molecule has 0 amide bonds. The molecule has 1 rings (SSSR count). The Bertz CT molecular complexity index is 268. The summed E-state index contributed by atoms with van der Waals surface area (Å²) in [5.41, 5.74) is 0. The van der Waals surface area contributed by atoms with Gasteiger partial charge in [0.05, 0.1) is 6.61 Å². The minimum absolute atomic E-state index is 0.465. The van der Waals surface area contributed by atoms with Crippen LogP contribution in [0.1, 0.15) is 45.4 Å². The van der Waals surface area contributed by atoms with Crippen molar-refractivity contribution in [2.24, 2.45) is 0 Å². The summed E-state index contributed by atoms with van der Waals surface area (Å²) >= 11 is 1.17. The van der Waals surface area contributed by atoms with Crippen LogP contribution in [-0.2, 0) is 8.92 Å². The lowest BCUT2D eigenvalue weighted by molar-refractivity contribution is -0.278. The standard InChI is InChI=1S/C14H28O6S/c1-2-3-4-5-6-7-8-21-20-13-12(17)11(16)10(9-15)19-14(13)18/h10-18H,2-9H2,1H3/t10-,11-,12+,13-,14-/m1/s1. The van der Waals surface area contributed by atoms with Gasteiger partial charge in [0, 0.05) is 5.75 Å². The minimum Gasteiger partial charge on any atom is -0.394 e. The maximum Gasteiger partial charge on any atom is 0.185 e. The molecule has 1 saturated heterocycles. The third kappa shape index (κ3) is 6.40. The van der Waals surface area contributed by atoms with Crippen LogP contribution in [0, 0.1) is 0 Å². The van der Waals surface area contributed by atoms with Crippen LogP contribution in [0.3, 0.4) is 0 Å². The van der Waals surface area contributed by atoms with E-state index < -0.39 is 37.3 Å². The number of unbranched alkanes of at least 4 members (excludes halogenated alkanes) is 5. The van der Waals surface area contributed by atoms with Gasteiger partial charge in [-0.05, 0) is 18.5 Å². The van der Waals surface area contributed by atoms with Crippen LogP contribution in [0.4, 0.5) is 0 Å². The van der Waals surface area contributed by atoms with Gasteiger partial charge in [-0.2, -0.15) is 0 Å². The number of ether oxygens (including phenoxy) is 1. The maximum atomic E-state index is 9.87. The highest BCUT2D eigenvalue weighted by atomic mass is 32.2. The van der Waals surface area contributed by atoms with E-state index in [9.17, 15) is 15.3 Å². The normalized spacial score (nSPS) is 33.3. The van der Waals surface area contributed by atoms with Gasteiger partial charge in [0.2, 0.25) is 0 Å². The van der Waals surface area contributed by atoms with E-state index >= 15 is 0 Å². The van der Waals surface area contributed by atoms with Crippen LogP contribution in [0.25, 0.3) is 0 Å². The van der Waals surface area contributed by atoms with Gasteiger partial charge in [-0.15, -0.1) is 0 Å². The van der Waals surface area contributed by atoms with Crippen molar-refractivity contribution in [2.45, 2.75) is 76.2 Å². The molecule has 7 heteroatoms. The fourth-order valence-corrected chi connectivity index (χ4v) is 3.03. The van der Waals surface area contributed by atoms with E-state index in [1.54, 1.807) is 0 Å². The van der Waals surface area contributed by atoms with E-state index in [1.807, 2.05) is 0 Å². The van der Waals surface area contributed by atoms with E-state index in [0.717, 1.165) is 18.6 Å². The first kappa shape index (κ1) is 19.2. The third-order valence-electron chi connectivity index (χ3n) is 3.60. The zero-order chi connectivity index (χ0) is 15.7. The lowest BCUT2D eigenvalue weighted by Gasteiger charge is -2.39. The molecule has 0 aromatic heterocycles. The number of rotatable bonds is 10. The Morgan fingerprint density at radius 1 is 1.00 bits per heavy atom. The van der Waals surface area contributed by atoms with Gasteiger partial charge in [-0.1, -0.05) is 39.0 Å².